The van der Waals surface area contributed by atoms with Crippen LogP contribution in [0.5, 0.6) is 0 Å². The van der Waals surface area contributed by atoms with Crippen molar-refractivity contribution >= 4 is 17.5 Å². The van der Waals surface area contributed by atoms with E-state index >= 15 is 0 Å². The van der Waals surface area contributed by atoms with Crippen molar-refractivity contribution in [3.63, 3.8) is 0 Å². The van der Waals surface area contributed by atoms with Crippen LogP contribution in [-0.2, 0) is 6.18 Å². The molecule has 0 saturated heterocycles. The lowest BCUT2D eigenvalue weighted by Gasteiger charge is -2.14. The maximum Gasteiger partial charge on any atom is 0.433 e. The quantitative estimate of drug-likeness (QED) is 0.788. The summed E-state index contributed by atoms with van der Waals surface area (Å²) in [6.45, 7) is 1.00. The number of hydrogen-bond acceptors (Lipinski definition) is 5. The molecular formula is C15H17F4N5. The number of halogens is 4. The van der Waals surface area contributed by atoms with Gasteiger partial charge in [-0.15, -0.1) is 0 Å². The highest BCUT2D eigenvalue weighted by Crippen LogP contribution is 2.30. The summed E-state index contributed by atoms with van der Waals surface area (Å²) in [5.74, 6) is -0.599. The van der Waals surface area contributed by atoms with Gasteiger partial charge in [0.1, 0.15) is 11.6 Å². The topological polar surface area (TPSA) is 53.1 Å². The van der Waals surface area contributed by atoms with Crippen molar-refractivity contribution in [3.05, 3.63) is 41.8 Å². The number of aromatic nitrogens is 2. The Labute approximate surface area is 136 Å². The average molecular weight is 343 g/mol. The Bertz CT molecular complexity index is 671. The van der Waals surface area contributed by atoms with Gasteiger partial charge in [0.05, 0.1) is 0 Å². The van der Waals surface area contributed by atoms with E-state index in [-0.39, 0.29) is 11.8 Å². The average Bonchev–Trinajstić information content (AvgIpc) is 2.48. The number of nitrogens with one attached hydrogen (secondary N) is 2. The van der Waals surface area contributed by atoms with Gasteiger partial charge < -0.3 is 15.5 Å². The van der Waals surface area contributed by atoms with Crippen LogP contribution in [0.4, 0.5) is 35.0 Å². The fraction of sp³-hybridized carbons (Fsp3) is 0.333. The summed E-state index contributed by atoms with van der Waals surface area (Å²) in [5.41, 5.74) is -0.642. The Morgan fingerprint density at radius 2 is 1.75 bits per heavy atom. The standard InChI is InChI=1S/C15H17F4N5/c1-24(2)8-7-20-14-22-12(15(17,18)19)9-13(23-14)21-11-5-3-10(16)4-6-11/h3-6,9H,7-8H2,1-2H3,(H2,20,21,22,23). The molecule has 0 fully saturated rings. The Morgan fingerprint density at radius 1 is 1.08 bits per heavy atom. The largest absolute Gasteiger partial charge is 0.433 e. The molecule has 0 aliphatic carbocycles. The predicted molar refractivity (Wildman–Crippen MR) is 83.8 cm³/mol. The molecule has 2 aromatic rings. The maximum absolute atomic E-state index is 13.0. The van der Waals surface area contributed by atoms with Crippen LogP contribution in [0.1, 0.15) is 5.69 Å². The second-order valence-electron chi connectivity index (χ2n) is 5.32. The Balaban J connectivity index is 2.23. The molecule has 0 aliphatic heterocycles. The third-order valence-corrected chi connectivity index (χ3v) is 2.98. The van der Waals surface area contributed by atoms with E-state index in [0.717, 1.165) is 6.07 Å². The lowest BCUT2D eigenvalue weighted by molar-refractivity contribution is -0.141. The molecule has 0 saturated carbocycles. The number of anilines is 3. The van der Waals surface area contributed by atoms with Crippen molar-refractivity contribution in [2.75, 3.05) is 37.8 Å². The van der Waals surface area contributed by atoms with Crippen molar-refractivity contribution in [2.24, 2.45) is 0 Å². The van der Waals surface area contributed by atoms with Crippen LogP contribution < -0.4 is 10.6 Å². The predicted octanol–water partition coefficient (Wildman–Crippen LogP) is 3.35. The third kappa shape index (κ3) is 5.34. The molecule has 1 aromatic carbocycles. The number of rotatable bonds is 6. The van der Waals surface area contributed by atoms with Crippen molar-refractivity contribution < 1.29 is 17.6 Å². The van der Waals surface area contributed by atoms with Crippen molar-refractivity contribution in [1.29, 1.82) is 0 Å². The summed E-state index contributed by atoms with van der Waals surface area (Å²) in [6.07, 6.45) is -4.60. The van der Waals surface area contributed by atoms with Crippen LogP contribution in [0.2, 0.25) is 0 Å². The van der Waals surface area contributed by atoms with E-state index in [1.54, 1.807) is 0 Å². The maximum atomic E-state index is 13.0. The van der Waals surface area contributed by atoms with Crippen LogP contribution >= 0.6 is 0 Å². The molecule has 0 aliphatic rings. The highest BCUT2D eigenvalue weighted by atomic mass is 19.4. The normalized spacial score (nSPS) is 11.6. The summed E-state index contributed by atoms with van der Waals surface area (Å²) in [6, 6.07) is 6.02. The molecule has 0 radical (unpaired) electrons. The Kier molecular flexibility index (Phi) is 5.55. The van der Waals surface area contributed by atoms with Gasteiger partial charge in [-0.25, -0.2) is 9.37 Å². The molecule has 0 unspecified atom stereocenters. The van der Waals surface area contributed by atoms with E-state index in [9.17, 15) is 17.6 Å². The molecule has 9 heteroatoms. The van der Waals surface area contributed by atoms with Gasteiger partial charge in [0.2, 0.25) is 5.95 Å². The minimum Gasteiger partial charge on any atom is -0.353 e. The molecule has 2 rings (SSSR count). The lowest BCUT2D eigenvalue weighted by atomic mass is 10.3. The van der Waals surface area contributed by atoms with Crippen LogP contribution in [0.15, 0.2) is 30.3 Å². The highest BCUT2D eigenvalue weighted by Gasteiger charge is 2.33. The second-order valence-corrected chi connectivity index (χ2v) is 5.32. The number of nitrogens with zero attached hydrogens (tertiary/aromatic N) is 3. The number of hydrogen-bond donors (Lipinski definition) is 2. The van der Waals surface area contributed by atoms with E-state index in [2.05, 4.69) is 20.6 Å². The van der Waals surface area contributed by atoms with Crippen molar-refractivity contribution in [2.45, 2.75) is 6.18 Å². The SMILES string of the molecule is CN(C)CCNc1nc(Nc2ccc(F)cc2)cc(C(F)(F)F)n1. The van der Waals surface area contributed by atoms with Gasteiger partial charge in [-0.2, -0.15) is 18.2 Å². The molecule has 2 N–H and O–H groups in total. The second kappa shape index (κ2) is 7.43. The zero-order valence-electron chi connectivity index (χ0n) is 13.2. The van der Waals surface area contributed by atoms with Gasteiger partial charge in [0.15, 0.2) is 5.69 Å². The molecule has 130 valence electrons. The smallest absolute Gasteiger partial charge is 0.353 e. The molecule has 0 bridgehead atoms. The summed E-state index contributed by atoms with van der Waals surface area (Å²) in [4.78, 5) is 9.38. The molecule has 0 atom stereocenters. The molecule has 1 aromatic heterocycles. The summed E-state index contributed by atoms with van der Waals surface area (Å²) < 4.78 is 51.9. The zero-order valence-corrected chi connectivity index (χ0v) is 13.2. The molecule has 0 spiro atoms. The lowest BCUT2D eigenvalue weighted by Crippen LogP contribution is -2.22. The van der Waals surface area contributed by atoms with Crippen molar-refractivity contribution in [3.8, 4) is 0 Å². The van der Waals surface area contributed by atoms with Crippen molar-refractivity contribution in [1.82, 2.24) is 14.9 Å². The number of likely N-dealkylation sites (N-methyl/N-ethyl adjacent to an activating group) is 1. The first-order valence-electron chi connectivity index (χ1n) is 7.11. The van der Waals surface area contributed by atoms with E-state index in [0.29, 0.717) is 18.8 Å². The van der Waals surface area contributed by atoms with Gasteiger partial charge in [0, 0.05) is 24.8 Å². The first-order valence-corrected chi connectivity index (χ1v) is 7.11. The summed E-state index contributed by atoms with van der Waals surface area (Å²) in [7, 11) is 3.69. The van der Waals surface area contributed by atoms with Crippen LogP contribution in [0.3, 0.4) is 0 Å². The van der Waals surface area contributed by atoms with E-state index in [4.69, 9.17) is 0 Å². The fourth-order valence-corrected chi connectivity index (χ4v) is 1.81. The fourth-order valence-electron chi connectivity index (χ4n) is 1.81. The first kappa shape index (κ1) is 17.9. The zero-order chi connectivity index (χ0) is 17.7. The van der Waals surface area contributed by atoms with E-state index in [1.165, 1.54) is 24.3 Å². The monoisotopic (exact) mass is 343 g/mol. The van der Waals surface area contributed by atoms with Gasteiger partial charge in [0.25, 0.3) is 0 Å². The highest BCUT2D eigenvalue weighted by molar-refractivity contribution is 5.57. The summed E-state index contributed by atoms with van der Waals surface area (Å²) in [5, 5.41) is 5.47. The Morgan fingerprint density at radius 3 is 2.33 bits per heavy atom. The minimum atomic E-state index is -4.60. The van der Waals surface area contributed by atoms with Gasteiger partial charge >= 0.3 is 6.18 Å². The number of benzene rings is 1. The van der Waals surface area contributed by atoms with Gasteiger partial charge in [-0.3, -0.25) is 0 Å². The first-order chi connectivity index (χ1) is 11.2. The van der Waals surface area contributed by atoms with Gasteiger partial charge in [-0.1, -0.05) is 0 Å². The number of alkyl halides is 3. The minimum absolute atomic E-state index is 0.0312. The molecule has 1 heterocycles. The van der Waals surface area contributed by atoms with Gasteiger partial charge in [-0.05, 0) is 38.4 Å². The van der Waals surface area contributed by atoms with E-state index in [1.807, 2.05) is 19.0 Å². The Hall–Kier alpha value is -2.42. The molecular weight excluding hydrogens is 326 g/mol. The van der Waals surface area contributed by atoms with Crippen LogP contribution in [-0.4, -0.2) is 42.1 Å². The molecule has 5 nitrogen and oxygen atoms in total. The van der Waals surface area contributed by atoms with E-state index < -0.39 is 17.7 Å². The van der Waals surface area contributed by atoms with Crippen LogP contribution in [0, 0.1) is 5.82 Å². The molecule has 24 heavy (non-hydrogen) atoms. The summed E-state index contributed by atoms with van der Waals surface area (Å²) >= 11 is 0. The third-order valence-electron chi connectivity index (χ3n) is 2.98. The van der Waals surface area contributed by atoms with Crippen LogP contribution in [0.25, 0.3) is 0 Å². The molecule has 0 amide bonds.